The molecular weight excluding hydrogens is 342 g/mol. The second-order valence-corrected chi connectivity index (χ2v) is 7.10. The average Bonchev–Trinajstić information content (AvgIpc) is 2.62. The number of pyridine rings is 1. The second-order valence-electron chi connectivity index (χ2n) is 7.10. The van der Waals surface area contributed by atoms with Gasteiger partial charge in [-0.3, -0.25) is 9.78 Å². The predicted molar refractivity (Wildman–Crippen MR) is 106 cm³/mol. The summed E-state index contributed by atoms with van der Waals surface area (Å²) in [6.07, 6.45) is 3.84. The van der Waals surface area contributed by atoms with Crippen LogP contribution in [0.4, 0.5) is 0 Å². The number of aromatic nitrogens is 1. The van der Waals surface area contributed by atoms with Crippen LogP contribution in [0.25, 0.3) is 0 Å². The summed E-state index contributed by atoms with van der Waals surface area (Å²) in [4.78, 5) is 16.4. The van der Waals surface area contributed by atoms with Crippen molar-refractivity contribution in [1.82, 2.24) is 4.98 Å². The monoisotopic (exact) mass is 371 g/mol. The number of carbonyl (C=O) groups is 1. The number of ether oxygens (including phenoxy) is 2. The smallest absolute Gasteiger partial charge is 0.166 e. The largest absolute Gasteiger partial charge is 0.507 e. The van der Waals surface area contributed by atoms with Gasteiger partial charge in [-0.2, -0.15) is 0 Å². The van der Waals surface area contributed by atoms with Crippen LogP contribution in [0.15, 0.2) is 30.5 Å². The molecular formula is C22H29NO4. The summed E-state index contributed by atoms with van der Waals surface area (Å²) in [6, 6.07) is 7.18. The van der Waals surface area contributed by atoms with Gasteiger partial charge in [0.15, 0.2) is 5.78 Å². The van der Waals surface area contributed by atoms with Crippen molar-refractivity contribution >= 4 is 5.78 Å². The van der Waals surface area contributed by atoms with Crippen molar-refractivity contribution in [3.8, 4) is 17.2 Å². The molecule has 2 rings (SSSR count). The van der Waals surface area contributed by atoms with E-state index in [-0.39, 0.29) is 17.5 Å². The maximum Gasteiger partial charge on any atom is 0.166 e. The number of phenolic OH excluding ortho intramolecular Hbond substituents is 1. The summed E-state index contributed by atoms with van der Waals surface area (Å²) in [6.45, 7) is 8.78. The summed E-state index contributed by atoms with van der Waals surface area (Å²) < 4.78 is 11.5. The van der Waals surface area contributed by atoms with Crippen molar-refractivity contribution < 1.29 is 19.4 Å². The van der Waals surface area contributed by atoms with Crippen LogP contribution in [-0.4, -0.2) is 29.1 Å². The van der Waals surface area contributed by atoms with Crippen LogP contribution in [0.1, 0.15) is 54.7 Å². The molecule has 0 spiro atoms. The number of benzene rings is 1. The van der Waals surface area contributed by atoms with Crippen molar-refractivity contribution in [1.29, 1.82) is 0 Å². The van der Waals surface area contributed by atoms with Crippen LogP contribution in [0, 0.1) is 19.8 Å². The highest BCUT2D eigenvalue weighted by Crippen LogP contribution is 2.31. The maximum atomic E-state index is 12.2. The van der Waals surface area contributed by atoms with Gasteiger partial charge in [-0.1, -0.05) is 13.8 Å². The van der Waals surface area contributed by atoms with Crippen molar-refractivity contribution in [2.45, 2.75) is 47.0 Å². The average molecular weight is 371 g/mol. The first-order valence-corrected chi connectivity index (χ1v) is 9.43. The van der Waals surface area contributed by atoms with Gasteiger partial charge in [-0.15, -0.1) is 0 Å². The Morgan fingerprint density at radius 1 is 1.07 bits per heavy atom. The highest BCUT2D eigenvalue weighted by molar-refractivity contribution is 5.99. The number of hydrogen-bond donors (Lipinski definition) is 1. The molecule has 27 heavy (non-hydrogen) atoms. The first-order valence-electron chi connectivity index (χ1n) is 9.43. The minimum absolute atomic E-state index is 0.0218. The molecule has 1 aromatic carbocycles. The maximum absolute atomic E-state index is 12.2. The molecule has 1 N–H and O–H groups in total. The van der Waals surface area contributed by atoms with E-state index in [0.29, 0.717) is 36.5 Å². The fraction of sp³-hybridized carbons (Fsp3) is 0.455. The zero-order valence-electron chi connectivity index (χ0n) is 16.6. The number of ketones is 1. The minimum Gasteiger partial charge on any atom is -0.507 e. The Kier molecular flexibility index (Phi) is 7.65. The van der Waals surface area contributed by atoms with Crippen molar-refractivity contribution in [3.63, 3.8) is 0 Å². The molecule has 0 aliphatic carbocycles. The van der Waals surface area contributed by atoms with E-state index in [0.717, 1.165) is 24.3 Å². The lowest BCUT2D eigenvalue weighted by atomic mass is 9.98. The number of carbonyl (C=O) groups excluding carboxylic acids is 1. The van der Waals surface area contributed by atoms with Crippen LogP contribution in [0.2, 0.25) is 0 Å². The Morgan fingerprint density at radius 2 is 1.74 bits per heavy atom. The molecule has 0 aliphatic heterocycles. The Bertz CT molecular complexity index is 771. The number of rotatable bonds is 10. The van der Waals surface area contributed by atoms with Gasteiger partial charge in [0, 0.05) is 18.2 Å². The van der Waals surface area contributed by atoms with E-state index < -0.39 is 0 Å². The molecule has 0 saturated carbocycles. The second kappa shape index (κ2) is 9.95. The van der Waals surface area contributed by atoms with Gasteiger partial charge < -0.3 is 14.6 Å². The Hall–Kier alpha value is -2.56. The van der Waals surface area contributed by atoms with Crippen molar-refractivity contribution in [2.24, 2.45) is 5.92 Å². The van der Waals surface area contributed by atoms with E-state index in [9.17, 15) is 9.90 Å². The van der Waals surface area contributed by atoms with Gasteiger partial charge in [-0.25, -0.2) is 0 Å². The van der Waals surface area contributed by atoms with Crippen LogP contribution in [-0.2, 0) is 0 Å². The molecule has 2 aromatic rings. The van der Waals surface area contributed by atoms with Gasteiger partial charge in [0.25, 0.3) is 0 Å². The summed E-state index contributed by atoms with van der Waals surface area (Å²) in [7, 11) is 0. The number of phenols is 1. The van der Waals surface area contributed by atoms with Crippen LogP contribution < -0.4 is 9.47 Å². The Morgan fingerprint density at radius 3 is 2.37 bits per heavy atom. The summed E-state index contributed by atoms with van der Waals surface area (Å²) in [5, 5.41) is 10.3. The first kappa shape index (κ1) is 20.7. The molecule has 5 heteroatoms. The lowest BCUT2D eigenvalue weighted by Crippen LogP contribution is -2.06. The molecule has 0 fully saturated rings. The first-order chi connectivity index (χ1) is 12.9. The number of aromatic hydroxyl groups is 1. The zero-order chi connectivity index (χ0) is 19.8. The van der Waals surface area contributed by atoms with E-state index in [4.69, 9.17) is 9.47 Å². The van der Waals surface area contributed by atoms with E-state index in [2.05, 4.69) is 4.98 Å². The summed E-state index contributed by atoms with van der Waals surface area (Å²) >= 11 is 0. The number of unbranched alkanes of at least 4 members (excludes halogenated alkanes) is 1. The highest BCUT2D eigenvalue weighted by Gasteiger charge is 2.16. The number of nitrogens with zero attached hydrogens (tertiary/aromatic N) is 1. The molecule has 0 amide bonds. The third-order valence-corrected chi connectivity index (χ3v) is 4.29. The molecule has 0 saturated heterocycles. The quantitative estimate of drug-likeness (QED) is 0.477. The predicted octanol–water partition coefficient (Wildman–Crippen LogP) is 4.87. The lowest BCUT2D eigenvalue weighted by molar-refractivity contribution is 0.0965. The Labute approximate surface area is 161 Å². The van der Waals surface area contributed by atoms with Gasteiger partial charge >= 0.3 is 0 Å². The number of hydrogen-bond acceptors (Lipinski definition) is 5. The molecule has 0 unspecified atom stereocenters. The van der Waals surface area contributed by atoms with Crippen LogP contribution >= 0.6 is 0 Å². The molecule has 0 bridgehead atoms. The third-order valence-electron chi connectivity index (χ3n) is 4.29. The normalized spacial score (nSPS) is 10.9. The molecule has 1 aromatic heterocycles. The summed E-state index contributed by atoms with van der Waals surface area (Å²) in [5.41, 5.74) is 1.85. The number of Topliss-reactive ketones (excluding diaryl/α,β-unsaturated/α-hetero) is 1. The molecule has 5 nitrogen and oxygen atoms in total. The molecule has 0 radical (unpaired) electrons. The van der Waals surface area contributed by atoms with Crippen LogP contribution in [0.3, 0.4) is 0 Å². The van der Waals surface area contributed by atoms with Gasteiger partial charge in [-0.05, 0) is 56.9 Å². The van der Waals surface area contributed by atoms with Crippen molar-refractivity contribution in [3.05, 3.63) is 47.3 Å². The van der Waals surface area contributed by atoms with Gasteiger partial charge in [0.2, 0.25) is 0 Å². The number of aryl methyl sites for hydroxylation is 1. The van der Waals surface area contributed by atoms with Gasteiger partial charge in [0.05, 0.1) is 24.5 Å². The Balaban J connectivity index is 1.80. The standard InChI is InChI=1S/C22H29NO4/c1-15(2)14-19(24)18-9-10-20(16(3)22(18)25)26-12-5-6-13-27-21-8-7-11-23-17(21)4/h7-11,15,25H,5-6,12-14H2,1-4H3. The van der Waals surface area contributed by atoms with E-state index in [1.807, 2.05) is 32.9 Å². The minimum atomic E-state index is -0.0417. The van der Waals surface area contributed by atoms with Crippen LogP contribution in [0.5, 0.6) is 17.2 Å². The third kappa shape index (κ3) is 5.98. The fourth-order valence-corrected chi connectivity index (χ4v) is 2.73. The summed E-state index contributed by atoms with van der Waals surface area (Å²) in [5.74, 6) is 1.65. The molecule has 0 atom stereocenters. The highest BCUT2D eigenvalue weighted by atomic mass is 16.5. The topological polar surface area (TPSA) is 68.7 Å². The zero-order valence-corrected chi connectivity index (χ0v) is 16.6. The molecule has 1 heterocycles. The lowest BCUT2D eigenvalue weighted by Gasteiger charge is -2.13. The molecule has 0 aliphatic rings. The molecule has 146 valence electrons. The fourth-order valence-electron chi connectivity index (χ4n) is 2.73. The van der Waals surface area contributed by atoms with E-state index in [1.54, 1.807) is 25.3 Å². The van der Waals surface area contributed by atoms with E-state index >= 15 is 0 Å². The van der Waals surface area contributed by atoms with E-state index in [1.165, 1.54) is 0 Å². The van der Waals surface area contributed by atoms with Gasteiger partial charge in [0.1, 0.15) is 17.2 Å². The van der Waals surface area contributed by atoms with Crippen molar-refractivity contribution in [2.75, 3.05) is 13.2 Å². The SMILES string of the molecule is Cc1ncccc1OCCCCOc1ccc(C(=O)CC(C)C)c(O)c1C.